The molecule has 0 unspecified atom stereocenters. The predicted molar refractivity (Wildman–Crippen MR) is 60.3 cm³/mol. The molecule has 0 aliphatic rings. The lowest BCUT2D eigenvalue weighted by Crippen LogP contribution is -2.07. The minimum atomic E-state index is -4.66. The van der Waals surface area contributed by atoms with E-state index in [2.05, 4.69) is 5.10 Å². The first-order chi connectivity index (χ1) is 8.30. The van der Waals surface area contributed by atoms with Gasteiger partial charge in [0.15, 0.2) is 5.69 Å². The second-order valence-corrected chi connectivity index (χ2v) is 4.18. The monoisotopic (exact) mass is 296 g/mol. The summed E-state index contributed by atoms with van der Waals surface area (Å²) in [6.45, 7) is 0. The van der Waals surface area contributed by atoms with Crippen LogP contribution in [-0.4, -0.2) is 14.9 Å². The van der Waals surface area contributed by atoms with Crippen LogP contribution in [0.25, 0.3) is 5.69 Å². The van der Waals surface area contributed by atoms with Crippen LogP contribution in [0.3, 0.4) is 0 Å². The summed E-state index contributed by atoms with van der Waals surface area (Å²) in [6, 6.07) is 4.88. The Balaban J connectivity index is 2.62. The lowest BCUT2D eigenvalue weighted by Gasteiger charge is -2.07. The van der Waals surface area contributed by atoms with Crippen LogP contribution in [0, 0.1) is 0 Å². The van der Waals surface area contributed by atoms with E-state index < -0.39 is 17.8 Å². The zero-order chi connectivity index (χ0) is 13.5. The molecule has 96 valence electrons. The van der Waals surface area contributed by atoms with Crippen LogP contribution in [0.2, 0.25) is 10.0 Å². The maximum atomic E-state index is 12.4. The summed E-state index contributed by atoms with van der Waals surface area (Å²) in [7, 11) is 0. The summed E-state index contributed by atoms with van der Waals surface area (Å²) >= 11 is 11.6. The van der Waals surface area contributed by atoms with Crippen LogP contribution in [0.15, 0.2) is 24.3 Å². The van der Waals surface area contributed by atoms with Crippen LogP contribution in [0.1, 0.15) is 5.69 Å². The molecule has 1 aromatic heterocycles. The molecule has 2 aromatic rings. The fourth-order valence-electron chi connectivity index (χ4n) is 1.37. The van der Waals surface area contributed by atoms with Crippen molar-refractivity contribution in [3.8, 4) is 11.6 Å². The summed E-state index contributed by atoms with van der Waals surface area (Å²) < 4.78 is 38.0. The van der Waals surface area contributed by atoms with E-state index in [-0.39, 0.29) is 15.7 Å². The molecule has 0 bridgehead atoms. The highest BCUT2D eigenvalue weighted by atomic mass is 35.5. The van der Waals surface area contributed by atoms with Gasteiger partial charge >= 0.3 is 6.18 Å². The van der Waals surface area contributed by atoms with Gasteiger partial charge in [-0.2, -0.15) is 23.0 Å². The maximum Gasteiger partial charge on any atom is 0.435 e. The molecule has 0 spiro atoms. The van der Waals surface area contributed by atoms with Crippen LogP contribution in [0.5, 0.6) is 5.88 Å². The van der Waals surface area contributed by atoms with Crippen molar-refractivity contribution >= 4 is 23.2 Å². The number of nitrogens with zero attached hydrogens (tertiary/aromatic N) is 2. The average molecular weight is 297 g/mol. The average Bonchev–Trinajstić information content (AvgIpc) is 2.60. The van der Waals surface area contributed by atoms with Crippen molar-refractivity contribution in [1.29, 1.82) is 0 Å². The van der Waals surface area contributed by atoms with Crippen LogP contribution >= 0.6 is 23.2 Å². The number of aromatic nitrogens is 2. The smallest absolute Gasteiger partial charge is 0.435 e. The van der Waals surface area contributed by atoms with Crippen molar-refractivity contribution in [2.45, 2.75) is 6.18 Å². The van der Waals surface area contributed by atoms with Gasteiger partial charge < -0.3 is 5.11 Å². The summed E-state index contributed by atoms with van der Waals surface area (Å²) in [5.74, 6) is -0.697. The Kier molecular flexibility index (Phi) is 3.16. The Morgan fingerprint density at radius 3 is 2.17 bits per heavy atom. The maximum absolute atomic E-state index is 12.4. The fourth-order valence-corrected chi connectivity index (χ4v) is 1.92. The van der Waals surface area contributed by atoms with E-state index in [1.165, 1.54) is 18.2 Å². The third-order valence-electron chi connectivity index (χ3n) is 2.13. The Labute approximate surface area is 109 Å². The van der Waals surface area contributed by atoms with Gasteiger partial charge in [-0.3, -0.25) is 0 Å². The lowest BCUT2D eigenvalue weighted by atomic mass is 10.3. The quantitative estimate of drug-likeness (QED) is 0.866. The van der Waals surface area contributed by atoms with Crippen LogP contribution < -0.4 is 0 Å². The number of rotatable bonds is 1. The van der Waals surface area contributed by atoms with E-state index in [0.717, 1.165) is 0 Å². The van der Waals surface area contributed by atoms with Gasteiger partial charge in [-0.05, 0) is 12.1 Å². The number of halogens is 5. The van der Waals surface area contributed by atoms with Crippen molar-refractivity contribution in [1.82, 2.24) is 9.78 Å². The number of para-hydroxylation sites is 1. The highest BCUT2D eigenvalue weighted by Gasteiger charge is 2.35. The van der Waals surface area contributed by atoms with Crippen molar-refractivity contribution in [2.75, 3.05) is 0 Å². The Morgan fingerprint density at radius 1 is 1.17 bits per heavy atom. The number of aromatic hydroxyl groups is 1. The van der Waals surface area contributed by atoms with Gasteiger partial charge in [0.05, 0.1) is 10.0 Å². The minimum absolute atomic E-state index is 0.00571. The number of alkyl halides is 3. The molecule has 1 heterocycles. The summed E-state index contributed by atoms with van der Waals surface area (Å²) in [5.41, 5.74) is -1.23. The molecular weight excluding hydrogens is 292 g/mol. The first-order valence-electron chi connectivity index (χ1n) is 4.61. The highest BCUT2D eigenvalue weighted by Crippen LogP contribution is 2.35. The molecular formula is C10H5Cl2F3N2O. The van der Waals surface area contributed by atoms with Crippen molar-refractivity contribution in [2.24, 2.45) is 0 Å². The Hall–Kier alpha value is -1.40. The fraction of sp³-hybridized carbons (Fsp3) is 0.100. The van der Waals surface area contributed by atoms with E-state index in [9.17, 15) is 18.3 Å². The highest BCUT2D eigenvalue weighted by molar-refractivity contribution is 6.37. The van der Waals surface area contributed by atoms with E-state index in [4.69, 9.17) is 23.2 Å². The molecule has 0 aliphatic carbocycles. The number of hydrogen-bond acceptors (Lipinski definition) is 2. The molecule has 0 saturated carbocycles. The van der Waals surface area contributed by atoms with Crippen molar-refractivity contribution in [3.05, 3.63) is 40.0 Å². The van der Waals surface area contributed by atoms with Gasteiger partial charge in [0, 0.05) is 6.07 Å². The third kappa shape index (κ3) is 2.26. The first-order valence-corrected chi connectivity index (χ1v) is 5.37. The van der Waals surface area contributed by atoms with Gasteiger partial charge in [0.25, 0.3) is 0 Å². The number of benzene rings is 1. The van der Waals surface area contributed by atoms with Gasteiger partial charge in [-0.25, -0.2) is 0 Å². The molecule has 8 heteroatoms. The van der Waals surface area contributed by atoms with Gasteiger partial charge in [0.1, 0.15) is 5.69 Å². The Morgan fingerprint density at radius 2 is 1.72 bits per heavy atom. The minimum Gasteiger partial charge on any atom is -0.493 e. The van der Waals surface area contributed by atoms with E-state index in [1.807, 2.05) is 0 Å². The zero-order valence-electron chi connectivity index (χ0n) is 8.54. The molecule has 0 aliphatic heterocycles. The lowest BCUT2D eigenvalue weighted by molar-refractivity contribution is -0.141. The van der Waals surface area contributed by atoms with Gasteiger partial charge in [-0.1, -0.05) is 29.3 Å². The first kappa shape index (κ1) is 13.0. The third-order valence-corrected chi connectivity index (χ3v) is 2.74. The largest absolute Gasteiger partial charge is 0.493 e. The van der Waals surface area contributed by atoms with Gasteiger partial charge in [0.2, 0.25) is 5.88 Å². The second kappa shape index (κ2) is 4.37. The van der Waals surface area contributed by atoms with E-state index in [0.29, 0.717) is 10.7 Å². The molecule has 1 N–H and O–H groups in total. The zero-order valence-corrected chi connectivity index (χ0v) is 10.1. The molecule has 2 rings (SSSR count). The van der Waals surface area contributed by atoms with Crippen molar-refractivity contribution < 1.29 is 18.3 Å². The molecule has 0 amide bonds. The molecule has 1 aromatic carbocycles. The second-order valence-electron chi connectivity index (χ2n) is 3.37. The molecule has 0 atom stereocenters. The molecule has 3 nitrogen and oxygen atoms in total. The SMILES string of the molecule is Oc1cc(C(F)(F)F)nn1-c1c(Cl)cccc1Cl. The van der Waals surface area contributed by atoms with E-state index >= 15 is 0 Å². The van der Waals surface area contributed by atoms with Crippen molar-refractivity contribution in [3.63, 3.8) is 0 Å². The summed E-state index contributed by atoms with van der Waals surface area (Å²) in [5, 5.41) is 12.9. The molecule has 0 fully saturated rings. The molecule has 0 saturated heterocycles. The summed E-state index contributed by atoms with van der Waals surface area (Å²) in [4.78, 5) is 0. The standard InChI is InChI=1S/C10H5Cl2F3N2O/c11-5-2-1-3-6(12)9(5)17-8(18)4-7(16-17)10(13,14)15/h1-4,18H. The normalized spacial score (nSPS) is 11.8. The topological polar surface area (TPSA) is 38.1 Å². The van der Waals surface area contributed by atoms with Crippen LogP contribution in [0.4, 0.5) is 13.2 Å². The van der Waals surface area contributed by atoms with Gasteiger partial charge in [-0.15, -0.1) is 0 Å². The van der Waals surface area contributed by atoms with Crippen LogP contribution in [-0.2, 0) is 6.18 Å². The van der Waals surface area contributed by atoms with E-state index in [1.54, 1.807) is 0 Å². The number of hydrogen-bond donors (Lipinski definition) is 1. The summed E-state index contributed by atoms with van der Waals surface area (Å²) in [6.07, 6.45) is -4.66. The molecule has 18 heavy (non-hydrogen) atoms. The predicted octanol–water partition coefficient (Wildman–Crippen LogP) is 3.90. The molecule has 0 radical (unpaired) electrons. The Bertz CT molecular complexity index is 575.